The monoisotopic (exact) mass is 353 g/mol. The average Bonchev–Trinajstić information content (AvgIpc) is 2.59. The van der Waals surface area contributed by atoms with Crippen molar-refractivity contribution in [2.45, 2.75) is 5.92 Å². The van der Waals surface area contributed by atoms with Crippen molar-refractivity contribution in [3.05, 3.63) is 88.8 Å². The summed E-state index contributed by atoms with van der Waals surface area (Å²) in [6.45, 7) is 0.768. The van der Waals surface area contributed by atoms with E-state index in [9.17, 15) is 0 Å². The molecular weight excluding hydrogens is 338 g/mol. The van der Waals surface area contributed by atoms with E-state index in [0.29, 0.717) is 0 Å². The zero-order chi connectivity index (χ0) is 15.2. The van der Waals surface area contributed by atoms with Gasteiger partial charge in [0.1, 0.15) is 12.1 Å². The number of benzene rings is 2. The Morgan fingerprint density at radius 3 is 2.05 bits per heavy atom. The van der Waals surface area contributed by atoms with Crippen LogP contribution >= 0.6 is 15.9 Å². The SMILES string of the molecule is Brc1cncnc1NCC(c1ccccc1)c1ccccc1. The molecule has 1 N–H and O–H groups in total. The van der Waals surface area contributed by atoms with E-state index in [2.05, 4.69) is 79.7 Å². The van der Waals surface area contributed by atoms with Gasteiger partial charge in [-0.1, -0.05) is 60.7 Å². The van der Waals surface area contributed by atoms with Gasteiger partial charge in [0.2, 0.25) is 0 Å². The molecule has 0 spiro atoms. The summed E-state index contributed by atoms with van der Waals surface area (Å²) in [4.78, 5) is 8.26. The van der Waals surface area contributed by atoms with Crippen LogP contribution in [-0.2, 0) is 0 Å². The van der Waals surface area contributed by atoms with Crippen molar-refractivity contribution < 1.29 is 0 Å². The van der Waals surface area contributed by atoms with Gasteiger partial charge in [-0.15, -0.1) is 0 Å². The lowest BCUT2D eigenvalue weighted by molar-refractivity contribution is 0.846. The Hall–Kier alpha value is -2.20. The van der Waals surface area contributed by atoms with Crippen LogP contribution in [0.4, 0.5) is 5.82 Å². The number of hydrogen-bond donors (Lipinski definition) is 1. The van der Waals surface area contributed by atoms with Crippen LogP contribution in [0.25, 0.3) is 0 Å². The third-order valence-electron chi connectivity index (χ3n) is 3.55. The minimum atomic E-state index is 0.268. The van der Waals surface area contributed by atoms with Crippen molar-refractivity contribution in [3.8, 4) is 0 Å². The molecule has 0 bridgehead atoms. The molecule has 1 heterocycles. The summed E-state index contributed by atoms with van der Waals surface area (Å²) >= 11 is 3.47. The second-order valence-corrected chi connectivity index (χ2v) is 5.83. The van der Waals surface area contributed by atoms with Gasteiger partial charge in [-0.25, -0.2) is 9.97 Å². The molecule has 2 aromatic carbocycles. The fourth-order valence-corrected chi connectivity index (χ4v) is 2.80. The zero-order valence-electron chi connectivity index (χ0n) is 12.0. The van der Waals surface area contributed by atoms with E-state index in [1.54, 1.807) is 12.5 Å². The topological polar surface area (TPSA) is 37.8 Å². The van der Waals surface area contributed by atoms with Crippen molar-refractivity contribution in [2.75, 3.05) is 11.9 Å². The van der Waals surface area contributed by atoms with Crippen LogP contribution in [0, 0.1) is 0 Å². The molecule has 0 aliphatic rings. The van der Waals surface area contributed by atoms with Gasteiger partial charge in [0.05, 0.1) is 4.47 Å². The number of nitrogens with zero attached hydrogens (tertiary/aromatic N) is 2. The normalized spacial score (nSPS) is 10.6. The fraction of sp³-hybridized carbons (Fsp3) is 0.111. The summed E-state index contributed by atoms with van der Waals surface area (Å²) in [5, 5.41) is 3.41. The van der Waals surface area contributed by atoms with Gasteiger partial charge >= 0.3 is 0 Å². The average molecular weight is 354 g/mol. The molecule has 3 rings (SSSR count). The first-order valence-electron chi connectivity index (χ1n) is 7.14. The first kappa shape index (κ1) is 14.7. The molecule has 0 saturated heterocycles. The number of anilines is 1. The predicted octanol–water partition coefficient (Wildman–Crippen LogP) is 4.48. The van der Waals surface area contributed by atoms with Gasteiger partial charge < -0.3 is 5.32 Å². The van der Waals surface area contributed by atoms with Gasteiger partial charge in [-0.3, -0.25) is 0 Å². The molecule has 0 amide bonds. The quantitative estimate of drug-likeness (QED) is 0.734. The van der Waals surface area contributed by atoms with E-state index < -0.39 is 0 Å². The highest BCUT2D eigenvalue weighted by atomic mass is 79.9. The van der Waals surface area contributed by atoms with Crippen LogP contribution in [0.15, 0.2) is 77.7 Å². The number of hydrogen-bond acceptors (Lipinski definition) is 3. The lowest BCUT2D eigenvalue weighted by Gasteiger charge is -2.19. The Morgan fingerprint density at radius 1 is 0.909 bits per heavy atom. The minimum absolute atomic E-state index is 0.268. The third-order valence-corrected chi connectivity index (χ3v) is 4.13. The van der Waals surface area contributed by atoms with E-state index in [-0.39, 0.29) is 5.92 Å². The van der Waals surface area contributed by atoms with Crippen molar-refractivity contribution >= 4 is 21.7 Å². The highest BCUT2D eigenvalue weighted by Crippen LogP contribution is 2.26. The summed E-state index contributed by atoms with van der Waals surface area (Å²) in [7, 11) is 0. The molecule has 3 nitrogen and oxygen atoms in total. The molecular formula is C18H16BrN3. The molecule has 0 atom stereocenters. The number of nitrogens with one attached hydrogen (secondary N) is 1. The number of rotatable bonds is 5. The Bertz CT molecular complexity index is 677. The largest absolute Gasteiger partial charge is 0.368 e. The summed E-state index contributed by atoms with van der Waals surface area (Å²) in [5.74, 6) is 1.08. The van der Waals surface area contributed by atoms with Crippen LogP contribution in [0.5, 0.6) is 0 Å². The predicted molar refractivity (Wildman–Crippen MR) is 92.9 cm³/mol. The first-order valence-corrected chi connectivity index (χ1v) is 7.93. The zero-order valence-corrected chi connectivity index (χ0v) is 13.6. The fourth-order valence-electron chi connectivity index (χ4n) is 2.44. The van der Waals surface area contributed by atoms with E-state index in [1.807, 2.05) is 12.1 Å². The van der Waals surface area contributed by atoms with Crippen LogP contribution in [0.1, 0.15) is 17.0 Å². The standard InChI is InChI=1S/C18H16BrN3/c19-17-12-20-13-22-18(17)21-11-16(14-7-3-1-4-8-14)15-9-5-2-6-10-15/h1-10,12-13,16H,11H2,(H,20,21,22). The van der Waals surface area contributed by atoms with Gasteiger partial charge in [0.15, 0.2) is 0 Å². The van der Waals surface area contributed by atoms with E-state index in [4.69, 9.17) is 0 Å². The van der Waals surface area contributed by atoms with Crippen LogP contribution in [0.2, 0.25) is 0 Å². The van der Waals surface area contributed by atoms with Gasteiger partial charge in [-0.2, -0.15) is 0 Å². The van der Waals surface area contributed by atoms with Crippen molar-refractivity contribution in [1.29, 1.82) is 0 Å². The molecule has 0 unspecified atom stereocenters. The molecule has 0 aliphatic heterocycles. The summed E-state index contributed by atoms with van der Waals surface area (Å²) < 4.78 is 0.870. The van der Waals surface area contributed by atoms with Crippen LogP contribution < -0.4 is 5.32 Å². The van der Waals surface area contributed by atoms with E-state index in [1.165, 1.54) is 11.1 Å². The Morgan fingerprint density at radius 2 is 1.50 bits per heavy atom. The minimum Gasteiger partial charge on any atom is -0.368 e. The van der Waals surface area contributed by atoms with Gasteiger partial charge in [-0.05, 0) is 27.1 Å². The van der Waals surface area contributed by atoms with Gasteiger partial charge in [0.25, 0.3) is 0 Å². The first-order chi connectivity index (χ1) is 10.8. The number of aromatic nitrogens is 2. The Kier molecular flexibility index (Phi) is 4.81. The van der Waals surface area contributed by atoms with E-state index in [0.717, 1.165) is 16.8 Å². The molecule has 0 aliphatic carbocycles. The molecule has 4 heteroatoms. The lowest BCUT2D eigenvalue weighted by atomic mass is 9.91. The Labute approximate surface area is 138 Å². The highest BCUT2D eigenvalue weighted by Gasteiger charge is 2.14. The molecule has 0 saturated carbocycles. The maximum absolute atomic E-state index is 4.27. The number of halogens is 1. The molecule has 3 aromatic rings. The van der Waals surface area contributed by atoms with Gasteiger partial charge in [0, 0.05) is 18.7 Å². The van der Waals surface area contributed by atoms with Crippen molar-refractivity contribution in [2.24, 2.45) is 0 Å². The van der Waals surface area contributed by atoms with Crippen LogP contribution in [-0.4, -0.2) is 16.5 Å². The third kappa shape index (κ3) is 3.52. The van der Waals surface area contributed by atoms with Crippen LogP contribution in [0.3, 0.4) is 0 Å². The molecule has 1 aromatic heterocycles. The summed E-state index contributed by atoms with van der Waals surface area (Å²) in [5.41, 5.74) is 2.57. The maximum Gasteiger partial charge on any atom is 0.143 e. The summed E-state index contributed by atoms with van der Waals surface area (Å²) in [6, 6.07) is 21.0. The highest BCUT2D eigenvalue weighted by molar-refractivity contribution is 9.10. The summed E-state index contributed by atoms with van der Waals surface area (Å²) in [6.07, 6.45) is 3.29. The molecule has 0 radical (unpaired) electrons. The molecule has 0 fully saturated rings. The van der Waals surface area contributed by atoms with Crippen molar-refractivity contribution in [1.82, 2.24) is 9.97 Å². The molecule has 110 valence electrons. The Balaban J connectivity index is 1.85. The second-order valence-electron chi connectivity index (χ2n) is 4.97. The smallest absolute Gasteiger partial charge is 0.143 e. The lowest BCUT2D eigenvalue weighted by Crippen LogP contribution is -2.15. The maximum atomic E-state index is 4.27. The van der Waals surface area contributed by atoms with E-state index >= 15 is 0 Å². The van der Waals surface area contributed by atoms with Crippen molar-refractivity contribution in [3.63, 3.8) is 0 Å². The molecule has 22 heavy (non-hydrogen) atoms. The second kappa shape index (κ2) is 7.18.